The van der Waals surface area contributed by atoms with Crippen molar-refractivity contribution in [1.29, 1.82) is 0 Å². The third kappa shape index (κ3) is 4.82. The quantitative estimate of drug-likeness (QED) is 0.783. The summed E-state index contributed by atoms with van der Waals surface area (Å²) in [6.45, 7) is 5.02. The Morgan fingerprint density at radius 2 is 2.17 bits per heavy atom. The number of carbonyl (C=O) groups excluding carboxylic acids is 1. The molecule has 0 radical (unpaired) electrons. The van der Waals surface area contributed by atoms with Crippen molar-refractivity contribution >= 4 is 11.7 Å². The van der Waals surface area contributed by atoms with Crippen LogP contribution in [0.3, 0.4) is 0 Å². The van der Waals surface area contributed by atoms with E-state index in [0.717, 1.165) is 17.9 Å². The van der Waals surface area contributed by atoms with Crippen LogP contribution in [-0.4, -0.2) is 31.2 Å². The van der Waals surface area contributed by atoms with Crippen LogP contribution in [0.15, 0.2) is 34.9 Å². The molecule has 0 aliphatic carbocycles. The van der Waals surface area contributed by atoms with Gasteiger partial charge >= 0.3 is 0 Å². The second-order valence-corrected chi connectivity index (χ2v) is 5.29. The van der Waals surface area contributed by atoms with Gasteiger partial charge < -0.3 is 19.8 Å². The molecule has 2 heterocycles. The highest BCUT2D eigenvalue weighted by Gasteiger charge is 2.16. The van der Waals surface area contributed by atoms with Crippen LogP contribution in [0.1, 0.15) is 41.3 Å². The van der Waals surface area contributed by atoms with E-state index in [2.05, 4.69) is 15.6 Å². The van der Waals surface area contributed by atoms with Crippen molar-refractivity contribution in [1.82, 2.24) is 10.3 Å². The maximum atomic E-state index is 11.9. The molecule has 0 aliphatic heterocycles. The van der Waals surface area contributed by atoms with Gasteiger partial charge in [-0.15, -0.1) is 0 Å². The Hall–Kier alpha value is -2.34. The van der Waals surface area contributed by atoms with Crippen LogP contribution in [-0.2, 0) is 4.74 Å². The Labute approximate surface area is 136 Å². The van der Waals surface area contributed by atoms with Crippen LogP contribution < -0.4 is 10.6 Å². The van der Waals surface area contributed by atoms with E-state index >= 15 is 0 Å². The fourth-order valence-electron chi connectivity index (χ4n) is 2.13. The number of nitrogens with zero attached hydrogens (tertiary/aromatic N) is 1. The van der Waals surface area contributed by atoms with Crippen molar-refractivity contribution in [2.45, 2.75) is 26.3 Å². The molecule has 124 valence electrons. The molecule has 2 aromatic rings. The summed E-state index contributed by atoms with van der Waals surface area (Å²) in [5, 5.41) is 6.08. The number of anilines is 1. The summed E-state index contributed by atoms with van der Waals surface area (Å²) in [6.07, 6.45) is 2.46. The molecule has 0 fully saturated rings. The molecule has 6 nitrogen and oxygen atoms in total. The second-order valence-electron chi connectivity index (χ2n) is 5.29. The summed E-state index contributed by atoms with van der Waals surface area (Å²) in [5.41, 5.74) is 0.543. The van der Waals surface area contributed by atoms with Gasteiger partial charge in [0.25, 0.3) is 5.91 Å². The SMILES string of the molecule is CCCNC(=O)c1ccc(N[C@@H](COC)c2ccc(C)o2)nc1. The van der Waals surface area contributed by atoms with Crippen molar-refractivity contribution in [2.75, 3.05) is 25.6 Å². The number of ether oxygens (including phenoxy) is 1. The molecule has 1 atom stereocenters. The Morgan fingerprint density at radius 3 is 2.74 bits per heavy atom. The van der Waals surface area contributed by atoms with E-state index in [1.54, 1.807) is 25.4 Å². The number of methoxy groups -OCH3 is 1. The van der Waals surface area contributed by atoms with Gasteiger partial charge in [-0.3, -0.25) is 4.79 Å². The summed E-state index contributed by atoms with van der Waals surface area (Å²) >= 11 is 0. The number of hydrogen-bond acceptors (Lipinski definition) is 5. The molecule has 1 amide bonds. The third-order valence-electron chi connectivity index (χ3n) is 3.32. The molecule has 2 aromatic heterocycles. The fraction of sp³-hybridized carbons (Fsp3) is 0.412. The van der Waals surface area contributed by atoms with E-state index < -0.39 is 0 Å². The number of aromatic nitrogens is 1. The number of carbonyl (C=O) groups is 1. The lowest BCUT2D eigenvalue weighted by molar-refractivity contribution is 0.0953. The van der Waals surface area contributed by atoms with E-state index in [1.807, 2.05) is 26.0 Å². The predicted octanol–water partition coefficient (Wildman–Crippen LogP) is 2.92. The summed E-state index contributed by atoms with van der Waals surface area (Å²) in [5.74, 6) is 2.18. The van der Waals surface area contributed by atoms with E-state index in [9.17, 15) is 4.79 Å². The monoisotopic (exact) mass is 317 g/mol. The number of furan rings is 1. The molecule has 0 bridgehead atoms. The van der Waals surface area contributed by atoms with Crippen LogP contribution >= 0.6 is 0 Å². The molecule has 0 aliphatic rings. The zero-order chi connectivity index (χ0) is 16.7. The number of aryl methyl sites for hydroxylation is 1. The first kappa shape index (κ1) is 17.0. The Morgan fingerprint density at radius 1 is 1.35 bits per heavy atom. The van der Waals surface area contributed by atoms with Crippen LogP contribution in [0.4, 0.5) is 5.82 Å². The lowest BCUT2D eigenvalue weighted by atomic mass is 10.2. The normalized spacial score (nSPS) is 12.0. The molecule has 0 spiro atoms. The van der Waals surface area contributed by atoms with Gasteiger partial charge in [0.2, 0.25) is 0 Å². The lowest BCUT2D eigenvalue weighted by Crippen LogP contribution is -2.24. The molecule has 23 heavy (non-hydrogen) atoms. The highest BCUT2D eigenvalue weighted by molar-refractivity contribution is 5.94. The van der Waals surface area contributed by atoms with Gasteiger partial charge in [-0.25, -0.2) is 4.98 Å². The van der Waals surface area contributed by atoms with Gasteiger partial charge in [0, 0.05) is 19.9 Å². The summed E-state index contributed by atoms with van der Waals surface area (Å²) < 4.78 is 10.9. The van der Waals surface area contributed by atoms with E-state index in [-0.39, 0.29) is 11.9 Å². The van der Waals surface area contributed by atoms with E-state index in [0.29, 0.717) is 24.5 Å². The molecule has 0 saturated heterocycles. The minimum Gasteiger partial charge on any atom is -0.464 e. The Balaban J connectivity index is 2.04. The van der Waals surface area contributed by atoms with Gasteiger partial charge in [-0.1, -0.05) is 6.92 Å². The fourth-order valence-corrected chi connectivity index (χ4v) is 2.13. The van der Waals surface area contributed by atoms with Crippen LogP contribution in [0.5, 0.6) is 0 Å². The number of hydrogen-bond donors (Lipinski definition) is 2. The largest absolute Gasteiger partial charge is 0.464 e. The van der Waals surface area contributed by atoms with Crippen LogP contribution in [0, 0.1) is 6.92 Å². The van der Waals surface area contributed by atoms with Crippen molar-refractivity contribution in [2.24, 2.45) is 0 Å². The molecule has 2 N–H and O–H groups in total. The molecular weight excluding hydrogens is 294 g/mol. The zero-order valence-corrected chi connectivity index (χ0v) is 13.8. The Bertz CT molecular complexity index is 622. The first-order valence-electron chi connectivity index (χ1n) is 7.70. The molecule has 0 saturated carbocycles. The molecular formula is C17H23N3O3. The third-order valence-corrected chi connectivity index (χ3v) is 3.32. The molecule has 6 heteroatoms. The molecule has 0 aromatic carbocycles. The minimum absolute atomic E-state index is 0.110. The van der Waals surface area contributed by atoms with Crippen molar-refractivity contribution in [3.63, 3.8) is 0 Å². The number of amides is 1. The van der Waals surface area contributed by atoms with Crippen LogP contribution in [0.25, 0.3) is 0 Å². The molecule has 2 rings (SSSR count). The van der Waals surface area contributed by atoms with Crippen LogP contribution in [0.2, 0.25) is 0 Å². The van der Waals surface area contributed by atoms with E-state index in [1.165, 1.54) is 0 Å². The Kier molecular flexibility index (Phi) is 6.17. The van der Waals surface area contributed by atoms with Gasteiger partial charge in [0.1, 0.15) is 23.4 Å². The summed E-state index contributed by atoms with van der Waals surface area (Å²) in [6, 6.07) is 7.21. The van der Waals surface area contributed by atoms with Gasteiger partial charge in [0.05, 0.1) is 12.2 Å². The maximum Gasteiger partial charge on any atom is 0.252 e. The number of nitrogens with one attached hydrogen (secondary N) is 2. The number of pyridine rings is 1. The zero-order valence-electron chi connectivity index (χ0n) is 13.8. The average molecular weight is 317 g/mol. The predicted molar refractivity (Wildman–Crippen MR) is 88.5 cm³/mol. The first-order valence-corrected chi connectivity index (χ1v) is 7.70. The second kappa shape index (κ2) is 8.33. The lowest BCUT2D eigenvalue weighted by Gasteiger charge is -2.16. The highest BCUT2D eigenvalue weighted by atomic mass is 16.5. The molecule has 0 unspecified atom stereocenters. The van der Waals surface area contributed by atoms with Crippen molar-refractivity contribution in [3.8, 4) is 0 Å². The highest BCUT2D eigenvalue weighted by Crippen LogP contribution is 2.21. The first-order chi connectivity index (χ1) is 11.1. The van der Waals surface area contributed by atoms with E-state index in [4.69, 9.17) is 9.15 Å². The van der Waals surface area contributed by atoms with Gasteiger partial charge in [-0.05, 0) is 37.6 Å². The summed E-state index contributed by atoms with van der Waals surface area (Å²) in [7, 11) is 1.64. The standard InChI is InChI=1S/C17H23N3O3/c1-4-9-18-17(21)13-6-8-16(19-10-13)20-14(11-22-3)15-7-5-12(2)23-15/h5-8,10,14H,4,9,11H2,1-3H3,(H,18,21)(H,19,20)/t14-/m0/s1. The number of rotatable bonds is 8. The van der Waals surface area contributed by atoms with Gasteiger partial charge in [0.15, 0.2) is 0 Å². The van der Waals surface area contributed by atoms with Crippen molar-refractivity contribution < 1.29 is 13.9 Å². The topological polar surface area (TPSA) is 76.4 Å². The summed E-state index contributed by atoms with van der Waals surface area (Å²) in [4.78, 5) is 16.2. The van der Waals surface area contributed by atoms with Gasteiger partial charge in [-0.2, -0.15) is 0 Å². The average Bonchev–Trinajstić information content (AvgIpc) is 2.99. The minimum atomic E-state index is -0.138. The van der Waals surface area contributed by atoms with Crippen molar-refractivity contribution in [3.05, 3.63) is 47.5 Å². The smallest absolute Gasteiger partial charge is 0.252 e. The maximum absolute atomic E-state index is 11.9.